The van der Waals surface area contributed by atoms with Crippen LogP contribution < -0.4 is 5.32 Å². The third-order valence-electron chi connectivity index (χ3n) is 4.08. The van der Waals surface area contributed by atoms with E-state index in [1.165, 1.54) is 4.70 Å². The molecule has 25 heavy (non-hydrogen) atoms. The molecule has 0 bridgehead atoms. The Morgan fingerprint density at radius 1 is 1.28 bits per heavy atom. The Hall–Kier alpha value is -1.89. The zero-order valence-corrected chi connectivity index (χ0v) is 16.2. The van der Waals surface area contributed by atoms with Gasteiger partial charge in [-0.25, -0.2) is 4.98 Å². The molecule has 1 heterocycles. The first-order valence-corrected chi connectivity index (χ1v) is 10.1. The van der Waals surface area contributed by atoms with Gasteiger partial charge < -0.3 is 5.32 Å². The Balaban J connectivity index is 1.63. The summed E-state index contributed by atoms with van der Waals surface area (Å²) in [5.41, 5.74) is 1.85. The highest BCUT2D eigenvalue weighted by Gasteiger charge is 2.18. The van der Waals surface area contributed by atoms with E-state index >= 15 is 0 Å². The molecular formula is C19H21N3OS2. The Kier molecular flexibility index (Phi) is 5.73. The molecule has 0 aliphatic carbocycles. The summed E-state index contributed by atoms with van der Waals surface area (Å²) in [5, 5.41) is 4.00. The van der Waals surface area contributed by atoms with Crippen molar-refractivity contribution in [3.8, 4) is 0 Å². The van der Waals surface area contributed by atoms with E-state index in [4.69, 9.17) is 4.98 Å². The molecule has 0 aliphatic heterocycles. The lowest BCUT2D eigenvalue weighted by Crippen LogP contribution is -2.32. The van der Waals surface area contributed by atoms with Gasteiger partial charge >= 0.3 is 0 Å². The zero-order valence-electron chi connectivity index (χ0n) is 14.5. The highest BCUT2D eigenvalue weighted by Crippen LogP contribution is 2.28. The van der Waals surface area contributed by atoms with E-state index in [2.05, 4.69) is 18.3 Å². The Bertz CT molecular complexity index is 845. The Morgan fingerprint density at radius 3 is 2.84 bits per heavy atom. The minimum Gasteiger partial charge on any atom is -0.325 e. The lowest BCUT2D eigenvalue weighted by molar-refractivity contribution is -0.117. The molecule has 0 saturated carbocycles. The highest BCUT2D eigenvalue weighted by molar-refractivity contribution is 7.98. The topological polar surface area (TPSA) is 45.2 Å². The van der Waals surface area contributed by atoms with Crippen molar-refractivity contribution >= 4 is 44.9 Å². The van der Waals surface area contributed by atoms with Crippen molar-refractivity contribution in [2.75, 3.05) is 25.2 Å². The quantitative estimate of drug-likeness (QED) is 0.641. The van der Waals surface area contributed by atoms with E-state index < -0.39 is 0 Å². The second-order valence-corrected chi connectivity index (χ2v) is 7.83. The van der Waals surface area contributed by atoms with Crippen LogP contribution in [0.4, 0.5) is 5.69 Å². The van der Waals surface area contributed by atoms with E-state index in [1.54, 1.807) is 23.1 Å². The number of carbonyl (C=O) groups excluding carboxylic acids is 1. The van der Waals surface area contributed by atoms with Gasteiger partial charge in [0.15, 0.2) is 0 Å². The van der Waals surface area contributed by atoms with Gasteiger partial charge in [-0.05, 0) is 50.6 Å². The van der Waals surface area contributed by atoms with Crippen LogP contribution in [0.3, 0.4) is 0 Å². The number of amides is 1. The first-order chi connectivity index (χ1) is 12.1. The fourth-order valence-corrected chi connectivity index (χ4v) is 4.07. The van der Waals surface area contributed by atoms with E-state index in [0.29, 0.717) is 6.54 Å². The largest absolute Gasteiger partial charge is 0.325 e. The van der Waals surface area contributed by atoms with Crippen LogP contribution in [0.15, 0.2) is 53.4 Å². The maximum absolute atomic E-state index is 12.4. The molecule has 3 rings (SSSR count). The maximum atomic E-state index is 12.4. The standard InChI is InChI=1S/C19H21N3OS2/c1-13(19-21-16-9-4-5-10-17(16)25-19)22(2)12-18(23)20-14-7-6-8-15(11-14)24-3/h4-11,13H,12H2,1-3H3,(H,20,23)/t13-/m1/s1. The molecule has 1 aromatic heterocycles. The summed E-state index contributed by atoms with van der Waals surface area (Å²) in [6.45, 7) is 2.40. The number of hydrogen-bond donors (Lipinski definition) is 1. The van der Waals surface area contributed by atoms with Gasteiger partial charge in [0.2, 0.25) is 5.91 Å². The lowest BCUT2D eigenvalue weighted by Gasteiger charge is -2.22. The SMILES string of the molecule is CSc1cccc(NC(=O)CN(C)[C@H](C)c2nc3ccccc3s2)c1. The van der Waals surface area contributed by atoms with Crippen LogP contribution in [0.5, 0.6) is 0 Å². The predicted octanol–water partition coefficient (Wildman–Crippen LogP) is 4.65. The van der Waals surface area contributed by atoms with Crippen LogP contribution in [0.1, 0.15) is 18.0 Å². The molecule has 1 N–H and O–H groups in total. The van der Waals surface area contributed by atoms with Crippen molar-refractivity contribution in [3.63, 3.8) is 0 Å². The van der Waals surface area contributed by atoms with E-state index in [-0.39, 0.29) is 11.9 Å². The molecule has 0 aliphatic rings. The van der Waals surface area contributed by atoms with Crippen LogP contribution in [0, 0.1) is 0 Å². The minimum absolute atomic E-state index is 0.0197. The summed E-state index contributed by atoms with van der Waals surface area (Å²) in [6, 6.07) is 16.1. The molecule has 1 amide bonds. The number of rotatable bonds is 6. The number of anilines is 1. The summed E-state index contributed by atoms with van der Waals surface area (Å²) in [6.07, 6.45) is 2.02. The number of likely N-dealkylation sites (N-methyl/N-ethyl adjacent to an activating group) is 1. The van der Waals surface area contributed by atoms with Gasteiger partial charge in [0.1, 0.15) is 5.01 Å². The lowest BCUT2D eigenvalue weighted by atomic mass is 10.3. The molecule has 2 aromatic carbocycles. The summed E-state index contributed by atoms with van der Waals surface area (Å²) >= 11 is 3.34. The third-order valence-corrected chi connectivity index (χ3v) is 6.01. The number of nitrogens with one attached hydrogen (secondary N) is 1. The summed E-state index contributed by atoms with van der Waals surface area (Å²) in [5.74, 6) is -0.0197. The number of benzene rings is 2. The minimum atomic E-state index is -0.0197. The Labute approximate surface area is 156 Å². The molecule has 0 fully saturated rings. The molecule has 3 aromatic rings. The van der Waals surface area contributed by atoms with Gasteiger partial charge in [-0.2, -0.15) is 0 Å². The predicted molar refractivity (Wildman–Crippen MR) is 108 cm³/mol. The first-order valence-electron chi connectivity index (χ1n) is 8.06. The third kappa shape index (κ3) is 4.39. The van der Waals surface area contributed by atoms with Gasteiger partial charge in [0.25, 0.3) is 0 Å². The van der Waals surface area contributed by atoms with E-state index in [1.807, 2.05) is 60.7 Å². The van der Waals surface area contributed by atoms with Crippen molar-refractivity contribution < 1.29 is 4.79 Å². The number of carbonyl (C=O) groups is 1. The van der Waals surface area contributed by atoms with Crippen molar-refractivity contribution in [2.45, 2.75) is 17.9 Å². The van der Waals surface area contributed by atoms with Gasteiger partial charge in [-0.1, -0.05) is 18.2 Å². The second-order valence-electron chi connectivity index (χ2n) is 5.89. The number of fused-ring (bicyclic) bond motifs is 1. The fraction of sp³-hybridized carbons (Fsp3) is 0.263. The number of thiazole rings is 1. The van der Waals surface area contributed by atoms with Crippen molar-refractivity contribution in [2.24, 2.45) is 0 Å². The molecule has 0 saturated heterocycles. The fourth-order valence-electron chi connectivity index (χ4n) is 2.52. The normalized spacial score (nSPS) is 12.5. The van der Waals surface area contributed by atoms with E-state index in [0.717, 1.165) is 21.1 Å². The summed E-state index contributed by atoms with van der Waals surface area (Å²) < 4.78 is 1.18. The van der Waals surface area contributed by atoms with Gasteiger partial charge in [0.05, 0.1) is 22.8 Å². The molecule has 6 heteroatoms. The molecular weight excluding hydrogens is 350 g/mol. The zero-order chi connectivity index (χ0) is 17.8. The van der Waals surface area contributed by atoms with E-state index in [9.17, 15) is 4.79 Å². The van der Waals surface area contributed by atoms with Crippen molar-refractivity contribution in [1.29, 1.82) is 0 Å². The number of aromatic nitrogens is 1. The van der Waals surface area contributed by atoms with Crippen molar-refractivity contribution in [3.05, 3.63) is 53.5 Å². The summed E-state index contributed by atoms with van der Waals surface area (Å²) in [7, 11) is 1.95. The smallest absolute Gasteiger partial charge is 0.238 e. The van der Waals surface area contributed by atoms with Gasteiger partial charge in [-0.3, -0.25) is 9.69 Å². The molecule has 130 valence electrons. The van der Waals surface area contributed by atoms with Crippen molar-refractivity contribution in [1.82, 2.24) is 9.88 Å². The monoisotopic (exact) mass is 371 g/mol. The number of para-hydroxylation sites is 1. The highest BCUT2D eigenvalue weighted by atomic mass is 32.2. The van der Waals surface area contributed by atoms with Gasteiger partial charge in [-0.15, -0.1) is 23.1 Å². The number of thioether (sulfide) groups is 1. The molecule has 0 spiro atoms. The van der Waals surface area contributed by atoms with Crippen LogP contribution in [-0.2, 0) is 4.79 Å². The van der Waals surface area contributed by atoms with Crippen LogP contribution >= 0.6 is 23.1 Å². The maximum Gasteiger partial charge on any atom is 0.238 e. The summed E-state index contributed by atoms with van der Waals surface area (Å²) in [4.78, 5) is 20.2. The van der Waals surface area contributed by atoms with Gasteiger partial charge in [0, 0.05) is 10.6 Å². The molecule has 4 nitrogen and oxygen atoms in total. The number of hydrogen-bond acceptors (Lipinski definition) is 5. The average Bonchev–Trinajstić information content (AvgIpc) is 3.05. The first kappa shape index (κ1) is 17.9. The average molecular weight is 372 g/mol. The second kappa shape index (κ2) is 7.99. The van der Waals surface area contributed by atoms with Crippen LogP contribution in [0.2, 0.25) is 0 Å². The molecule has 0 unspecified atom stereocenters. The molecule has 1 atom stereocenters. The van der Waals surface area contributed by atoms with Crippen LogP contribution in [0.25, 0.3) is 10.2 Å². The van der Waals surface area contributed by atoms with Crippen LogP contribution in [-0.4, -0.2) is 35.6 Å². The Morgan fingerprint density at radius 2 is 2.08 bits per heavy atom. The number of nitrogens with zero attached hydrogens (tertiary/aromatic N) is 2. The molecule has 0 radical (unpaired) electrons.